The summed E-state index contributed by atoms with van der Waals surface area (Å²) in [6.07, 6.45) is -6.15. The summed E-state index contributed by atoms with van der Waals surface area (Å²) in [5.74, 6) is -1.30. The molecule has 0 aliphatic heterocycles. The van der Waals surface area contributed by atoms with Crippen molar-refractivity contribution in [2.24, 2.45) is 0 Å². The summed E-state index contributed by atoms with van der Waals surface area (Å²) in [7, 11) is 0. The molecule has 0 unspecified atom stereocenters. The number of carboxylic acids is 1. The van der Waals surface area contributed by atoms with E-state index in [0.29, 0.717) is 18.2 Å². The van der Waals surface area contributed by atoms with Gasteiger partial charge in [0, 0.05) is 11.6 Å². The second-order valence-corrected chi connectivity index (χ2v) is 4.80. The fourth-order valence-corrected chi connectivity index (χ4v) is 1.86. The standard InChI is InChI=1S/C15H8F6N2O2/c16-14(17,18)9-3-8(4-10(5-9)15(19,20)21)12-7-22-6-11(23-12)1-2-13(24)25/h1-7H,(H,24,25)/b2-1+. The van der Waals surface area contributed by atoms with E-state index in [2.05, 4.69) is 9.97 Å². The van der Waals surface area contributed by atoms with Crippen LogP contribution in [0.5, 0.6) is 0 Å². The highest BCUT2D eigenvalue weighted by molar-refractivity contribution is 5.84. The van der Waals surface area contributed by atoms with Crippen molar-refractivity contribution in [1.82, 2.24) is 9.97 Å². The van der Waals surface area contributed by atoms with Crippen LogP contribution in [0, 0.1) is 0 Å². The van der Waals surface area contributed by atoms with E-state index in [9.17, 15) is 31.1 Å². The summed E-state index contributed by atoms with van der Waals surface area (Å²) in [6.45, 7) is 0. The number of nitrogens with zero attached hydrogens (tertiary/aromatic N) is 2. The number of rotatable bonds is 3. The number of halogens is 6. The molecule has 0 saturated carbocycles. The summed E-state index contributed by atoms with van der Waals surface area (Å²) >= 11 is 0. The first kappa shape index (κ1) is 18.4. The first-order valence-corrected chi connectivity index (χ1v) is 6.50. The highest BCUT2D eigenvalue weighted by atomic mass is 19.4. The molecule has 0 aliphatic carbocycles. The van der Waals surface area contributed by atoms with Crippen LogP contribution in [0.2, 0.25) is 0 Å². The normalized spacial score (nSPS) is 12.6. The van der Waals surface area contributed by atoms with Gasteiger partial charge in [-0.25, -0.2) is 9.78 Å². The third-order valence-electron chi connectivity index (χ3n) is 2.93. The summed E-state index contributed by atoms with van der Waals surface area (Å²) in [4.78, 5) is 17.9. The van der Waals surface area contributed by atoms with Crippen molar-refractivity contribution >= 4 is 12.0 Å². The molecule has 0 radical (unpaired) electrons. The molecule has 132 valence electrons. The Balaban J connectivity index is 2.58. The Kier molecular flexibility index (Phi) is 4.82. The Hall–Kier alpha value is -2.91. The molecule has 1 aromatic heterocycles. The lowest BCUT2D eigenvalue weighted by Gasteiger charge is -2.14. The maximum Gasteiger partial charge on any atom is 0.416 e. The van der Waals surface area contributed by atoms with Gasteiger partial charge in [-0.2, -0.15) is 26.3 Å². The molecule has 0 amide bonds. The number of aromatic nitrogens is 2. The number of hydrogen-bond donors (Lipinski definition) is 1. The summed E-state index contributed by atoms with van der Waals surface area (Å²) in [5, 5.41) is 8.53. The molecule has 0 spiro atoms. The minimum Gasteiger partial charge on any atom is -0.478 e. The van der Waals surface area contributed by atoms with E-state index < -0.39 is 35.0 Å². The zero-order valence-electron chi connectivity index (χ0n) is 12.1. The molecule has 2 aromatic rings. The number of carboxylic acid groups (broad SMARTS) is 1. The molecule has 0 saturated heterocycles. The molecule has 1 N–H and O–H groups in total. The van der Waals surface area contributed by atoms with Gasteiger partial charge in [0.25, 0.3) is 0 Å². The lowest BCUT2D eigenvalue weighted by atomic mass is 10.0. The maximum atomic E-state index is 12.9. The monoisotopic (exact) mass is 362 g/mol. The van der Waals surface area contributed by atoms with Crippen molar-refractivity contribution < 1.29 is 36.2 Å². The van der Waals surface area contributed by atoms with Gasteiger partial charge >= 0.3 is 18.3 Å². The zero-order valence-corrected chi connectivity index (χ0v) is 12.1. The van der Waals surface area contributed by atoms with Crippen LogP contribution in [0.4, 0.5) is 26.3 Å². The highest BCUT2D eigenvalue weighted by Crippen LogP contribution is 2.38. The van der Waals surface area contributed by atoms with Crippen LogP contribution in [0.3, 0.4) is 0 Å². The van der Waals surface area contributed by atoms with Gasteiger partial charge in [0.15, 0.2) is 0 Å². The average molecular weight is 362 g/mol. The second kappa shape index (κ2) is 6.54. The SMILES string of the molecule is O=C(O)/C=C/c1cncc(-c2cc(C(F)(F)F)cc(C(F)(F)F)c2)n1. The number of carbonyl (C=O) groups is 1. The summed E-state index contributed by atoms with van der Waals surface area (Å²) < 4.78 is 77.2. The molecule has 4 nitrogen and oxygen atoms in total. The van der Waals surface area contributed by atoms with E-state index >= 15 is 0 Å². The van der Waals surface area contributed by atoms with Crippen LogP contribution >= 0.6 is 0 Å². The van der Waals surface area contributed by atoms with Gasteiger partial charge in [0.2, 0.25) is 0 Å². The lowest BCUT2D eigenvalue weighted by molar-refractivity contribution is -0.143. The molecular weight excluding hydrogens is 354 g/mol. The molecule has 2 rings (SSSR count). The quantitative estimate of drug-likeness (QED) is 0.654. The van der Waals surface area contributed by atoms with Gasteiger partial charge in [0.05, 0.1) is 34.9 Å². The second-order valence-electron chi connectivity index (χ2n) is 4.80. The van der Waals surface area contributed by atoms with Crippen LogP contribution in [0.1, 0.15) is 16.8 Å². The Morgan fingerprint density at radius 2 is 1.52 bits per heavy atom. The van der Waals surface area contributed by atoms with Crippen LogP contribution < -0.4 is 0 Å². The van der Waals surface area contributed by atoms with Crippen LogP contribution in [-0.4, -0.2) is 21.0 Å². The predicted octanol–water partition coefficient (Wildman–Crippen LogP) is 4.28. The lowest BCUT2D eigenvalue weighted by Crippen LogP contribution is -2.11. The Morgan fingerprint density at radius 1 is 0.960 bits per heavy atom. The molecule has 1 heterocycles. The fraction of sp³-hybridized carbons (Fsp3) is 0.133. The number of hydrogen-bond acceptors (Lipinski definition) is 3. The summed E-state index contributed by atoms with van der Waals surface area (Å²) in [6, 6.07) is 1.04. The van der Waals surface area contributed by atoms with Crippen molar-refractivity contribution in [3.05, 3.63) is 53.5 Å². The predicted molar refractivity (Wildman–Crippen MR) is 74.1 cm³/mol. The molecule has 10 heteroatoms. The van der Waals surface area contributed by atoms with Gasteiger partial charge in [-0.1, -0.05) is 0 Å². The average Bonchev–Trinajstić information content (AvgIpc) is 2.51. The largest absolute Gasteiger partial charge is 0.478 e. The number of benzene rings is 1. The van der Waals surface area contributed by atoms with Gasteiger partial charge in [-0.05, 0) is 24.3 Å². The Bertz CT molecular complexity index is 795. The minimum atomic E-state index is -4.98. The van der Waals surface area contributed by atoms with Crippen LogP contribution in [0.25, 0.3) is 17.3 Å². The maximum absolute atomic E-state index is 12.9. The van der Waals surface area contributed by atoms with Gasteiger partial charge in [-0.15, -0.1) is 0 Å². The Morgan fingerprint density at radius 3 is 2.00 bits per heavy atom. The first-order chi connectivity index (χ1) is 11.5. The molecule has 0 fully saturated rings. The molecule has 0 aliphatic rings. The molecule has 0 atom stereocenters. The van der Waals surface area contributed by atoms with Crippen molar-refractivity contribution in [2.45, 2.75) is 12.4 Å². The van der Waals surface area contributed by atoms with Crippen molar-refractivity contribution in [3.8, 4) is 11.3 Å². The van der Waals surface area contributed by atoms with E-state index in [1.165, 1.54) is 0 Å². The topological polar surface area (TPSA) is 63.1 Å². The van der Waals surface area contributed by atoms with Crippen molar-refractivity contribution in [3.63, 3.8) is 0 Å². The fourth-order valence-electron chi connectivity index (χ4n) is 1.86. The van der Waals surface area contributed by atoms with Gasteiger partial charge < -0.3 is 5.11 Å². The van der Waals surface area contributed by atoms with Crippen LogP contribution in [0.15, 0.2) is 36.7 Å². The van der Waals surface area contributed by atoms with E-state index in [-0.39, 0.29) is 17.5 Å². The van der Waals surface area contributed by atoms with E-state index in [1.54, 1.807) is 0 Å². The molecular formula is C15H8F6N2O2. The number of alkyl halides is 6. The third kappa shape index (κ3) is 4.78. The highest BCUT2D eigenvalue weighted by Gasteiger charge is 2.37. The molecule has 1 aromatic carbocycles. The summed E-state index contributed by atoms with van der Waals surface area (Å²) in [5.41, 5.74) is -3.70. The van der Waals surface area contributed by atoms with Crippen molar-refractivity contribution in [2.75, 3.05) is 0 Å². The zero-order chi connectivity index (χ0) is 18.8. The third-order valence-corrected chi connectivity index (χ3v) is 2.93. The van der Waals surface area contributed by atoms with E-state index in [1.807, 2.05) is 0 Å². The van der Waals surface area contributed by atoms with Gasteiger partial charge in [0.1, 0.15) is 0 Å². The van der Waals surface area contributed by atoms with Crippen molar-refractivity contribution in [1.29, 1.82) is 0 Å². The van der Waals surface area contributed by atoms with Gasteiger partial charge in [-0.3, -0.25) is 4.98 Å². The minimum absolute atomic E-state index is 0.00507. The molecule has 0 bridgehead atoms. The molecule has 25 heavy (non-hydrogen) atoms. The van der Waals surface area contributed by atoms with E-state index in [0.717, 1.165) is 18.5 Å². The Labute approximate surface area is 136 Å². The number of aliphatic carboxylic acids is 1. The first-order valence-electron chi connectivity index (χ1n) is 6.50. The smallest absolute Gasteiger partial charge is 0.416 e. The van der Waals surface area contributed by atoms with Crippen LogP contribution in [-0.2, 0) is 17.1 Å². The van der Waals surface area contributed by atoms with E-state index in [4.69, 9.17) is 5.11 Å².